The van der Waals surface area contributed by atoms with E-state index in [-0.39, 0.29) is 11.8 Å². The summed E-state index contributed by atoms with van der Waals surface area (Å²) in [7, 11) is 1.59. The third kappa shape index (κ3) is 4.77. The van der Waals surface area contributed by atoms with Crippen LogP contribution in [0.5, 0.6) is 17.4 Å². The summed E-state index contributed by atoms with van der Waals surface area (Å²) in [5, 5.41) is 14.2. The van der Waals surface area contributed by atoms with E-state index in [9.17, 15) is 9.90 Å². The van der Waals surface area contributed by atoms with Gasteiger partial charge in [-0.15, -0.1) is 0 Å². The van der Waals surface area contributed by atoms with Crippen LogP contribution < -0.4 is 19.5 Å². The molecule has 0 radical (unpaired) electrons. The van der Waals surface area contributed by atoms with Crippen LogP contribution in [-0.4, -0.2) is 46.9 Å². The highest BCUT2D eigenvalue weighted by molar-refractivity contribution is 5.93. The van der Waals surface area contributed by atoms with E-state index in [4.69, 9.17) is 14.2 Å². The number of methoxy groups -OCH3 is 1. The molecule has 178 valence electrons. The Kier molecular flexibility index (Phi) is 6.24. The Morgan fingerprint density at radius 3 is 2.74 bits per heavy atom. The summed E-state index contributed by atoms with van der Waals surface area (Å²) >= 11 is 0. The lowest BCUT2D eigenvalue weighted by Crippen LogP contribution is -2.38. The average Bonchev–Trinajstić information content (AvgIpc) is 2.87. The van der Waals surface area contributed by atoms with Gasteiger partial charge >= 0.3 is 0 Å². The first-order valence-electron chi connectivity index (χ1n) is 11.7. The molecule has 0 atom stereocenters. The van der Waals surface area contributed by atoms with E-state index in [1.54, 1.807) is 25.4 Å². The van der Waals surface area contributed by atoms with Crippen molar-refractivity contribution < 1.29 is 24.1 Å². The number of hydrogen-bond acceptors (Lipinski definition) is 7. The second-order valence-electron chi connectivity index (χ2n) is 9.04. The molecule has 1 amide bonds. The molecule has 1 aliphatic heterocycles. The number of nitrogens with one attached hydrogen (secondary N) is 1. The molecule has 3 aromatic rings. The van der Waals surface area contributed by atoms with Gasteiger partial charge in [-0.25, -0.2) is 4.98 Å². The second-order valence-corrected chi connectivity index (χ2v) is 9.04. The Balaban J connectivity index is 1.18. The minimum absolute atomic E-state index is 0.0184. The zero-order chi connectivity index (χ0) is 23.5. The van der Waals surface area contributed by atoms with Crippen molar-refractivity contribution in [2.45, 2.75) is 44.1 Å². The summed E-state index contributed by atoms with van der Waals surface area (Å²) in [5.74, 6) is 1.75. The highest BCUT2D eigenvalue weighted by atomic mass is 16.6. The first kappa shape index (κ1) is 22.4. The van der Waals surface area contributed by atoms with Gasteiger partial charge in [0.05, 0.1) is 23.7 Å². The van der Waals surface area contributed by atoms with Crippen LogP contribution in [0, 0.1) is 5.92 Å². The Morgan fingerprint density at radius 2 is 1.94 bits per heavy atom. The molecule has 0 unspecified atom stereocenters. The molecule has 8 heteroatoms. The van der Waals surface area contributed by atoms with Crippen molar-refractivity contribution in [1.29, 1.82) is 0 Å². The van der Waals surface area contributed by atoms with Crippen LogP contribution in [0.2, 0.25) is 0 Å². The molecule has 2 aromatic heterocycles. The predicted octanol–water partition coefficient (Wildman–Crippen LogP) is 3.90. The first-order chi connectivity index (χ1) is 16.5. The van der Waals surface area contributed by atoms with E-state index in [2.05, 4.69) is 15.3 Å². The van der Waals surface area contributed by atoms with Crippen LogP contribution in [0.15, 0.2) is 42.6 Å². The van der Waals surface area contributed by atoms with Crippen molar-refractivity contribution in [2.75, 3.05) is 25.6 Å². The van der Waals surface area contributed by atoms with E-state index >= 15 is 0 Å². The second kappa shape index (κ2) is 9.46. The van der Waals surface area contributed by atoms with Crippen molar-refractivity contribution >= 4 is 22.6 Å². The minimum Gasteiger partial charge on any atom is -0.486 e. The lowest BCUT2D eigenvalue weighted by Gasteiger charge is -2.35. The third-order valence-corrected chi connectivity index (χ3v) is 6.81. The van der Waals surface area contributed by atoms with Gasteiger partial charge in [0, 0.05) is 29.9 Å². The molecule has 5 rings (SSSR count). The minimum atomic E-state index is -0.789. The van der Waals surface area contributed by atoms with E-state index in [0.717, 1.165) is 16.6 Å². The molecule has 1 fully saturated rings. The topological polar surface area (TPSA) is 103 Å². The number of rotatable bonds is 6. The molecule has 2 N–H and O–H groups in total. The first-order valence-corrected chi connectivity index (χ1v) is 11.7. The molecule has 0 spiro atoms. The molecule has 1 aliphatic carbocycles. The average molecular weight is 464 g/mol. The Labute approximate surface area is 198 Å². The Hall–Kier alpha value is -3.39. The number of anilines is 1. The van der Waals surface area contributed by atoms with Crippen LogP contribution in [0.3, 0.4) is 0 Å². The number of hydrogen-bond donors (Lipinski definition) is 2. The summed E-state index contributed by atoms with van der Waals surface area (Å²) in [6.07, 6.45) is 5.55. The highest BCUT2D eigenvalue weighted by Crippen LogP contribution is 2.37. The summed E-state index contributed by atoms with van der Waals surface area (Å²) < 4.78 is 16.4. The molecule has 0 bridgehead atoms. The normalized spacial score (nSPS) is 21.8. The summed E-state index contributed by atoms with van der Waals surface area (Å²) in [6, 6.07) is 11.1. The summed E-state index contributed by atoms with van der Waals surface area (Å²) in [4.78, 5) is 21.8. The van der Waals surface area contributed by atoms with Crippen LogP contribution in [0.25, 0.3) is 11.0 Å². The van der Waals surface area contributed by atoms with Crippen molar-refractivity contribution in [2.24, 2.45) is 5.92 Å². The fraction of sp³-hybridized carbons (Fsp3) is 0.423. The van der Waals surface area contributed by atoms with E-state index < -0.39 is 5.60 Å². The van der Waals surface area contributed by atoms with Crippen LogP contribution in [0.1, 0.15) is 37.7 Å². The number of aliphatic hydroxyl groups is 1. The van der Waals surface area contributed by atoms with Gasteiger partial charge in [0.1, 0.15) is 13.2 Å². The summed E-state index contributed by atoms with van der Waals surface area (Å²) in [5.41, 5.74) is 2.56. The number of carbonyl (C=O) groups excluding carboxylic acids is 1. The predicted molar refractivity (Wildman–Crippen MR) is 127 cm³/mol. The SMILES string of the molecule is COc1ccc2nccc(CC[C@]3(O)CC[C@H](C(=O)Nc4ccc5c(c4)OCCO5)CC3)c2n1. The molecule has 0 saturated heterocycles. The van der Waals surface area contributed by atoms with Crippen molar-refractivity contribution in [3.63, 3.8) is 0 Å². The van der Waals surface area contributed by atoms with Gasteiger partial charge in [0.15, 0.2) is 11.5 Å². The van der Waals surface area contributed by atoms with Crippen LogP contribution >= 0.6 is 0 Å². The fourth-order valence-corrected chi connectivity index (χ4v) is 4.78. The van der Waals surface area contributed by atoms with E-state index in [1.165, 1.54) is 0 Å². The summed E-state index contributed by atoms with van der Waals surface area (Å²) in [6.45, 7) is 1.04. The fourth-order valence-electron chi connectivity index (χ4n) is 4.78. The van der Waals surface area contributed by atoms with Gasteiger partial charge in [0.25, 0.3) is 0 Å². The Bertz CT molecular complexity index is 1190. The number of aromatic nitrogens is 2. The smallest absolute Gasteiger partial charge is 0.227 e. The van der Waals surface area contributed by atoms with Gasteiger partial charge in [-0.2, -0.15) is 0 Å². The van der Waals surface area contributed by atoms with E-state index in [1.807, 2.05) is 24.3 Å². The number of aryl methyl sites for hydroxylation is 1. The lowest BCUT2D eigenvalue weighted by molar-refractivity contribution is -0.122. The van der Waals surface area contributed by atoms with Gasteiger partial charge < -0.3 is 24.6 Å². The number of amides is 1. The van der Waals surface area contributed by atoms with Crippen LogP contribution in [0.4, 0.5) is 5.69 Å². The van der Waals surface area contributed by atoms with Gasteiger partial charge in [-0.1, -0.05) is 0 Å². The molecule has 1 aromatic carbocycles. The molecule has 2 aliphatic rings. The van der Waals surface area contributed by atoms with Gasteiger partial charge in [-0.05, 0) is 68.4 Å². The van der Waals surface area contributed by atoms with Gasteiger partial charge in [-0.3, -0.25) is 9.78 Å². The van der Waals surface area contributed by atoms with Crippen molar-refractivity contribution in [1.82, 2.24) is 9.97 Å². The van der Waals surface area contributed by atoms with Gasteiger partial charge in [0.2, 0.25) is 11.8 Å². The number of ether oxygens (including phenoxy) is 3. The maximum absolute atomic E-state index is 12.8. The number of carbonyl (C=O) groups is 1. The number of fused-ring (bicyclic) bond motifs is 2. The molecular weight excluding hydrogens is 434 g/mol. The van der Waals surface area contributed by atoms with Crippen LogP contribution in [-0.2, 0) is 11.2 Å². The Morgan fingerprint density at radius 1 is 1.15 bits per heavy atom. The molecule has 34 heavy (non-hydrogen) atoms. The van der Waals surface area contributed by atoms with E-state index in [0.29, 0.717) is 74.8 Å². The third-order valence-electron chi connectivity index (χ3n) is 6.81. The number of nitrogens with zero attached hydrogens (tertiary/aromatic N) is 2. The zero-order valence-electron chi connectivity index (χ0n) is 19.3. The monoisotopic (exact) mass is 463 g/mol. The molecule has 8 nitrogen and oxygen atoms in total. The van der Waals surface area contributed by atoms with Crippen molar-refractivity contribution in [3.05, 3.63) is 48.2 Å². The molecule has 1 saturated carbocycles. The molecular formula is C26H29N3O5. The zero-order valence-corrected chi connectivity index (χ0v) is 19.3. The quantitative estimate of drug-likeness (QED) is 0.571. The van der Waals surface area contributed by atoms with Crippen molar-refractivity contribution in [3.8, 4) is 17.4 Å². The maximum Gasteiger partial charge on any atom is 0.227 e. The maximum atomic E-state index is 12.8. The number of benzene rings is 1. The largest absolute Gasteiger partial charge is 0.486 e. The lowest BCUT2D eigenvalue weighted by atomic mass is 9.76. The standard InChI is InChI=1S/C26H29N3O5/c1-32-23-5-3-20-24(29-23)17(9-13-27-20)6-10-26(31)11-7-18(8-12-26)25(30)28-19-2-4-21-22(16-19)34-15-14-33-21/h2-5,9,13,16,18,31H,6-8,10-12,14-15H2,1H3,(H,28,30)/t18-,26-. The number of pyridine rings is 2. The molecule has 3 heterocycles. The highest BCUT2D eigenvalue weighted by Gasteiger charge is 2.35.